The number of benzene rings is 3. The number of alkyl halides is 3. The summed E-state index contributed by atoms with van der Waals surface area (Å²) in [4.78, 5) is 12.4. The third kappa shape index (κ3) is 5.82. The van der Waals surface area contributed by atoms with Crippen molar-refractivity contribution in [1.29, 1.82) is 0 Å². The van der Waals surface area contributed by atoms with Gasteiger partial charge in [0.2, 0.25) is 5.91 Å². The smallest absolute Gasteiger partial charge is 0.325 e. The molecule has 0 fully saturated rings. The quantitative estimate of drug-likeness (QED) is 0.267. The number of anilines is 1. The van der Waals surface area contributed by atoms with E-state index < -0.39 is 17.6 Å². The van der Waals surface area contributed by atoms with Crippen LogP contribution < -0.4 is 5.32 Å². The second-order valence-electron chi connectivity index (χ2n) is 7.28. The number of nitrogens with one attached hydrogen (secondary N) is 1. The Balaban J connectivity index is 1.48. The van der Waals surface area contributed by atoms with Gasteiger partial charge in [0.15, 0.2) is 5.16 Å². The molecule has 5 nitrogen and oxygen atoms in total. The van der Waals surface area contributed by atoms with Gasteiger partial charge in [-0.2, -0.15) is 13.2 Å². The minimum Gasteiger partial charge on any atom is -0.325 e. The van der Waals surface area contributed by atoms with Crippen LogP contribution in [0.2, 0.25) is 0 Å². The van der Waals surface area contributed by atoms with E-state index in [-0.39, 0.29) is 17.3 Å². The molecule has 1 heterocycles. The summed E-state index contributed by atoms with van der Waals surface area (Å²) < 4.78 is 53.2. The molecule has 0 radical (unpaired) electrons. The van der Waals surface area contributed by atoms with Crippen LogP contribution in [-0.2, 0) is 17.4 Å². The van der Waals surface area contributed by atoms with E-state index in [1.54, 1.807) is 12.1 Å². The number of halogens is 4. The van der Waals surface area contributed by atoms with Gasteiger partial charge in [0.25, 0.3) is 0 Å². The zero-order valence-corrected chi connectivity index (χ0v) is 18.4. The van der Waals surface area contributed by atoms with Crippen LogP contribution in [0.1, 0.15) is 17.0 Å². The van der Waals surface area contributed by atoms with Gasteiger partial charge in [-0.25, -0.2) is 4.39 Å². The lowest BCUT2D eigenvalue weighted by molar-refractivity contribution is -0.137. The number of para-hydroxylation sites is 1. The number of hydrogen-bond acceptors (Lipinski definition) is 4. The first kappa shape index (κ1) is 23.5. The van der Waals surface area contributed by atoms with Crippen molar-refractivity contribution >= 4 is 23.4 Å². The van der Waals surface area contributed by atoms with Crippen molar-refractivity contribution in [3.05, 3.63) is 102 Å². The largest absolute Gasteiger partial charge is 0.416 e. The van der Waals surface area contributed by atoms with E-state index >= 15 is 0 Å². The van der Waals surface area contributed by atoms with Crippen LogP contribution in [0.3, 0.4) is 0 Å². The second kappa shape index (κ2) is 10.1. The van der Waals surface area contributed by atoms with Gasteiger partial charge < -0.3 is 5.32 Å². The van der Waals surface area contributed by atoms with E-state index in [2.05, 4.69) is 15.5 Å². The average molecular weight is 486 g/mol. The van der Waals surface area contributed by atoms with Crippen molar-refractivity contribution in [2.24, 2.45) is 0 Å². The summed E-state index contributed by atoms with van der Waals surface area (Å²) in [5.74, 6) is -0.137. The van der Waals surface area contributed by atoms with Crippen molar-refractivity contribution in [1.82, 2.24) is 14.8 Å². The molecule has 3 aromatic carbocycles. The molecule has 34 heavy (non-hydrogen) atoms. The van der Waals surface area contributed by atoms with E-state index in [1.165, 1.54) is 24.3 Å². The lowest BCUT2D eigenvalue weighted by Crippen LogP contribution is -2.15. The Labute approximate surface area is 196 Å². The minimum absolute atomic E-state index is 0.0253. The summed E-state index contributed by atoms with van der Waals surface area (Å²) in [5.41, 5.74) is 1.13. The second-order valence-corrected chi connectivity index (χ2v) is 8.23. The predicted octanol–water partition coefficient (Wildman–Crippen LogP) is 5.75. The maximum absolute atomic E-state index is 13.3. The Morgan fingerprint density at radius 2 is 1.59 bits per heavy atom. The van der Waals surface area contributed by atoms with E-state index in [1.807, 2.05) is 34.9 Å². The van der Waals surface area contributed by atoms with Crippen molar-refractivity contribution < 1.29 is 22.4 Å². The molecular formula is C24H18F4N4OS. The highest BCUT2D eigenvalue weighted by Gasteiger charge is 2.30. The molecule has 0 aliphatic heterocycles. The topological polar surface area (TPSA) is 59.8 Å². The highest BCUT2D eigenvalue weighted by Crippen LogP contribution is 2.30. The zero-order chi connectivity index (χ0) is 24.1. The predicted molar refractivity (Wildman–Crippen MR) is 121 cm³/mol. The number of nitrogens with zero attached hydrogens (tertiary/aromatic N) is 3. The number of thioether (sulfide) groups is 1. The first-order valence-corrected chi connectivity index (χ1v) is 11.1. The van der Waals surface area contributed by atoms with Crippen LogP contribution in [0.25, 0.3) is 5.69 Å². The Kier molecular flexibility index (Phi) is 6.97. The normalized spacial score (nSPS) is 11.4. The number of amides is 1. The molecule has 0 unspecified atom stereocenters. The SMILES string of the molecule is O=C(CSc1nnc(Cc2ccc(F)cc2)n1-c1ccccc1)Nc1ccc(C(F)(F)F)cc1. The van der Waals surface area contributed by atoms with Gasteiger partial charge in [-0.15, -0.1) is 10.2 Å². The molecule has 10 heteroatoms. The van der Waals surface area contributed by atoms with Crippen molar-refractivity contribution in [2.45, 2.75) is 17.8 Å². The van der Waals surface area contributed by atoms with Crippen molar-refractivity contribution in [2.75, 3.05) is 11.1 Å². The van der Waals surface area contributed by atoms with Crippen LogP contribution in [0, 0.1) is 5.82 Å². The van der Waals surface area contributed by atoms with Crippen molar-refractivity contribution in [3.8, 4) is 5.69 Å². The Bertz CT molecular complexity index is 1260. The van der Waals surface area contributed by atoms with E-state index in [4.69, 9.17) is 0 Å². The summed E-state index contributed by atoms with van der Waals surface area (Å²) in [7, 11) is 0. The molecule has 0 aliphatic rings. The van der Waals surface area contributed by atoms with Gasteiger partial charge in [-0.1, -0.05) is 42.1 Å². The van der Waals surface area contributed by atoms with Crippen molar-refractivity contribution in [3.63, 3.8) is 0 Å². The van der Waals surface area contributed by atoms with Gasteiger partial charge in [0.1, 0.15) is 11.6 Å². The van der Waals surface area contributed by atoms with E-state index in [9.17, 15) is 22.4 Å². The molecule has 0 atom stereocenters. The highest BCUT2D eigenvalue weighted by molar-refractivity contribution is 7.99. The van der Waals surface area contributed by atoms with Crippen LogP contribution in [0.5, 0.6) is 0 Å². The Morgan fingerprint density at radius 1 is 0.912 bits per heavy atom. The molecular weight excluding hydrogens is 468 g/mol. The number of carbonyl (C=O) groups excluding carboxylic acids is 1. The molecule has 1 amide bonds. The molecule has 0 saturated heterocycles. The van der Waals surface area contributed by atoms with Gasteiger partial charge in [0, 0.05) is 17.8 Å². The molecule has 0 spiro atoms. The number of aromatic nitrogens is 3. The average Bonchev–Trinajstić information content (AvgIpc) is 3.22. The number of hydrogen-bond donors (Lipinski definition) is 1. The van der Waals surface area contributed by atoms with Crippen LogP contribution in [0.15, 0.2) is 84.0 Å². The first-order valence-electron chi connectivity index (χ1n) is 10.1. The van der Waals surface area contributed by atoms with Crippen LogP contribution in [0.4, 0.5) is 23.2 Å². The van der Waals surface area contributed by atoms with Crippen LogP contribution in [-0.4, -0.2) is 26.4 Å². The monoisotopic (exact) mass is 486 g/mol. The summed E-state index contributed by atoms with van der Waals surface area (Å²) in [5, 5.41) is 11.5. The third-order valence-electron chi connectivity index (χ3n) is 4.82. The molecule has 4 rings (SSSR count). The summed E-state index contributed by atoms with van der Waals surface area (Å²) in [6.45, 7) is 0. The maximum Gasteiger partial charge on any atom is 0.416 e. The molecule has 1 aromatic heterocycles. The molecule has 174 valence electrons. The minimum atomic E-state index is -4.44. The third-order valence-corrected chi connectivity index (χ3v) is 5.75. The highest BCUT2D eigenvalue weighted by atomic mass is 32.2. The molecule has 0 aliphatic carbocycles. The van der Waals surface area contributed by atoms with E-state index in [0.29, 0.717) is 17.4 Å². The Hall–Kier alpha value is -3.66. The molecule has 4 aromatic rings. The van der Waals surface area contributed by atoms with Gasteiger partial charge in [0.05, 0.1) is 11.3 Å². The van der Waals surface area contributed by atoms with Gasteiger partial charge in [-0.05, 0) is 54.1 Å². The number of rotatable bonds is 7. The van der Waals surface area contributed by atoms with E-state index in [0.717, 1.165) is 35.1 Å². The number of carbonyl (C=O) groups is 1. The Morgan fingerprint density at radius 3 is 2.24 bits per heavy atom. The maximum atomic E-state index is 13.3. The summed E-state index contributed by atoms with van der Waals surface area (Å²) >= 11 is 1.15. The summed E-state index contributed by atoms with van der Waals surface area (Å²) in [6, 6.07) is 19.7. The molecule has 1 N–H and O–H groups in total. The summed E-state index contributed by atoms with van der Waals surface area (Å²) in [6.07, 6.45) is -4.04. The lowest BCUT2D eigenvalue weighted by atomic mass is 10.1. The fourth-order valence-electron chi connectivity index (χ4n) is 3.20. The lowest BCUT2D eigenvalue weighted by Gasteiger charge is -2.11. The van der Waals surface area contributed by atoms with Gasteiger partial charge >= 0.3 is 6.18 Å². The molecule has 0 saturated carbocycles. The van der Waals surface area contributed by atoms with Gasteiger partial charge in [-0.3, -0.25) is 9.36 Å². The van der Waals surface area contributed by atoms with Crippen LogP contribution >= 0.6 is 11.8 Å². The standard InChI is InChI=1S/C24H18F4N4OS/c25-18-10-6-16(7-11-18)14-21-30-31-23(32(21)20-4-2-1-3-5-20)34-15-22(33)29-19-12-8-17(9-13-19)24(26,27)28/h1-13H,14-15H2,(H,29,33). The fourth-order valence-corrected chi connectivity index (χ4v) is 3.97. The molecule has 0 bridgehead atoms. The zero-order valence-electron chi connectivity index (χ0n) is 17.6. The first-order chi connectivity index (χ1) is 16.3. The fraction of sp³-hybridized carbons (Fsp3) is 0.125.